The molecule has 1 heterocycles. The first kappa shape index (κ1) is 17.9. The number of fused-ring (bicyclic) bond motifs is 1. The summed E-state index contributed by atoms with van der Waals surface area (Å²) in [6.07, 6.45) is 0. The molecule has 3 rings (SSSR count). The van der Waals surface area contributed by atoms with E-state index in [0.717, 1.165) is 21.1 Å². The molecule has 3 aromatic rings. The highest BCUT2D eigenvalue weighted by Crippen LogP contribution is 2.26. The molecule has 0 bridgehead atoms. The Kier molecular flexibility index (Phi) is 5.48. The molecule has 0 aliphatic heterocycles. The summed E-state index contributed by atoms with van der Waals surface area (Å²) in [4.78, 5) is 20.5. The third-order valence-corrected chi connectivity index (χ3v) is 4.12. The minimum atomic E-state index is -0.467. The fourth-order valence-corrected chi connectivity index (χ4v) is 2.76. The number of benzene rings is 2. The number of anilines is 3. The lowest BCUT2D eigenvalue weighted by atomic mass is 10.2. The number of esters is 1. The lowest BCUT2D eigenvalue weighted by Crippen LogP contribution is -2.15. The maximum Gasteiger partial charge on any atom is 0.334 e. The summed E-state index contributed by atoms with van der Waals surface area (Å²) in [6, 6.07) is 15.5. The number of methoxy groups -OCH3 is 1. The molecular weight excluding hydrogens is 396 g/mol. The minimum Gasteiger partial charge on any atom is -0.466 e. The Hall–Kier alpha value is -2.93. The van der Waals surface area contributed by atoms with E-state index in [-0.39, 0.29) is 6.54 Å². The number of aromatic nitrogens is 2. The van der Waals surface area contributed by atoms with Crippen LogP contribution in [0.2, 0.25) is 0 Å². The average Bonchev–Trinajstić information content (AvgIpc) is 2.65. The summed E-state index contributed by atoms with van der Waals surface area (Å²) in [5.41, 5.74) is 1.98. The van der Waals surface area contributed by atoms with Crippen molar-refractivity contribution >= 4 is 50.3 Å². The van der Waals surface area contributed by atoms with Gasteiger partial charge in [0.25, 0.3) is 0 Å². The molecule has 0 fully saturated rings. The Morgan fingerprint density at radius 3 is 2.77 bits per heavy atom. The highest BCUT2D eigenvalue weighted by molar-refractivity contribution is 9.10. The van der Waals surface area contributed by atoms with Crippen LogP contribution in [0.25, 0.3) is 10.9 Å². The van der Waals surface area contributed by atoms with Crippen LogP contribution < -0.4 is 10.6 Å². The zero-order valence-electron chi connectivity index (χ0n) is 14.1. The standard InChI is InChI=1S/C19H17BrN4O2/c1-12(18(25)26-2)11-21-19-23-16-9-4-3-8-15(16)17(24-19)22-14-7-5-6-13(20)10-14/h3-10H,1,11H2,2H3,(H2,21,22,23,24). The molecule has 0 atom stereocenters. The van der Waals surface area contributed by atoms with Crippen LogP contribution in [0, 0.1) is 0 Å². The predicted molar refractivity (Wildman–Crippen MR) is 107 cm³/mol. The number of hydrogen-bond acceptors (Lipinski definition) is 6. The number of carbonyl (C=O) groups excluding carboxylic acids is 1. The maximum absolute atomic E-state index is 11.5. The molecule has 7 heteroatoms. The molecular formula is C19H17BrN4O2. The number of hydrogen-bond donors (Lipinski definition) is 2. The van der Waals surface area contributed by atoms with E-state index in [2.05, 4.69) is 47.8 Å². The van der Waals surface area contributed by atoms with Crippen molar-refractivity contribution in [2.24, 2.45) is 0 Å². The van der Waals surface area contributed by atoms with E-state index in [1.807, 2.05) is 48.5 Å². The van der Waals surface area contributed by atoms with Crippen LogP contribution in [0.15, 0.2) is 65.2 Å². The fraction of sp³-hybridized carbons (Fsp3) is 0.105. The molecule has 0 saturated heterocycles. The molecule has 0 spiro atoms. The molecule has 2 aromatic carbocycles. The van der Waals surface area contributed by atoms with Gasteiger partial charge in [0, 0.05) is 27.7 Å². The number of halogens is 1. The van der Waals surface area contributed by atoms with Gasteiger partial charge in [0.05, 0.1) is 12.6 Å². The fourth-order valence-electron chi connectivity index (χ4n) is 2.36. The van der Waals surface area contributed by atoms with Crippen molar-refractivity contribution in [3.63, 3.8) is 0 Å². The molecule has 0 unspecified atom stereocenters. The number of carbonyl (C=O) groups is 1. The smallest absolute Gasteiger partial charge is 0.334 e. The van der Waals surface area contributed by atoms with Gasteiger partial charge in [-0.05, 0) is 30.3 Å². The van der Waals surface area contributed by atoms with Gasteiger partial charge in [0.2, 0.25) is 5.95 Å². The van der Waals surface area contributed by atoms with E-state index in [1.54, 1.807) is 0 Å². The topological polar surface area (TPSA) is 76.1 Å². The van der Waals surface area contributed by atoms with Gasteiger partial charge in [-0.1, -0.05) is 40.7 Å². The Morgan fingerprint density at radius 1 is 1.19 bits per heavy atom. The molecule has 0 aliphatic carbocycles. The molecule has 6 nitrogen and oxygen atoms in total. The van der Waals surface area contributed by atoms with Crippen LogP contribution in [-0.2, 0) is 9.53 Å². The Morgan fingerprint density at radius 2 is 2.00 bits per heavy atom. The average molecular weight is 413 g/mol. The van der Waals surface area contributed by atoms with Gasteiger partial charge in [-0.15, -0.1) is 0 Å². The Bertz CT molecular complexity index is 975. The second-order valence-electron chi connectivity index (χ2n) is 5.50. The summed E-state index contributed by atoms with van der Waals surface area (Å²) in [6.45, 7) is 3.89. The number of ether oxygens (including phenoxy) is 1. The first-order chi connectivity index (χ1) is 12.6. The third-order valence-electron chi connectivity index (χ3n) is 3.62. The van der Waals surface area contributed by atoms with Crippen LogP contribution in [0.3, 0.4) is 0 Å². The zero-order chi connectivity index (χ0) is 18.5. The molecule has 26 heavy (non-hydrogen) atoms. The van der Waals surface area contributed by atoms with Crippen LogP contribution in [0.5, 0.6) is 0 Å². The van der Waals surface area contributed by atoms with Crippen molar-refractivity contribution in [1.82, 2.24) is 9.97 Å². The van der Waals surface area contributed by atoms with Crippen molar-refractivity contribution in [2.45, 2.75) is 0 Å². The van der Waals surface area contributed by atoms with Crippen molar-refractivity contribution in [3.8, 4) is 0 Å². The second-order valence-corrected chi connectivity index (χ2v) is 6.41. The first-order valence-corrected chi connectivity index (χ1v) is 8.65. The third kappa shape index (κ3) is 4.18. The second kappa shape index (κ2) is 7.97. The van der Waals surface area contributed by atoms with Gasteiger partial charge in [-0.25, -0.2) is 9.78 Å². The molecule has 0 amide bonds. The molecule has 2 N–H and O–H groups in total. The van der Waals surface area contributed by atoms with E-state index < -0.39 is 5.97 Å². The lowest BCUT2D eigenvalue weighted by molar-refractivity contribution is -0.136. The summed E-state index contributed by atoms with van der Waals surface area (Å²) < 4.78 is 5.61. The highest BCUT2D eigenvalue weighted by atomic mass is 79.9. The molecule has 132 valence electrons. The van der Waals surface area contributed by atoms with Crippen LogP contribution in [-0.4, -0.2) is 29.6 Å². The van der Waals surface area contributed by atoms with Crippen molar-refractivity contribution in [3.05, 3.63) is 65.2 Å². The van der Waals surface area contributed by atoms with Crippen molar-refractivity contribution in [2.75, 3.05) is 24.3 Å². The van der Waals surface area contributed by atoms with Gasteiger partial charge in [-0.3, -0.25) is 0 Å². The molecule has 0 saturated carbocycles. The summed E-state index contributed by atoms with van der Waals surface area (Å²) in [5.74, 6) is 0.594. The summed E-state index contributed by atoms with van der Waals surface area (Å²) in [7, 11) is 1.32. The summed E-state index contributed by atoms with van der Waals surface area (Å²) >= 11 is 3.46. The molecule has 0 aliphatic rings. The SMILES string of the molecule is C=C(CNc1nc(Nc2cccc(Br)c2)c2ccccc2n1)C(=O)OC. The Labute approximate surface area is 159 Å². The van der Waals surface area contributed by atoms with Gasteiger partial charge >= 0.3 is 5.97 Å². The van der Waals surface area contributed by atoms with Gasteiger partial charge < -0.3 is 15.4 Å². The number of para-hydroxylation sites is 1. The largest absolute Gasteiger partial charge is 0.466 e. The number of nitrogens with zero attached hydrogens (tertiary/aromatic N) is 2. The Balaban J connectivity index is 1.91. The lowest BCUT2D eigenvalue weighted by Gasteiger charge is -2.12. The maximum atomic E-state index is 11.5. The first-order valence-electron chi connectivity index (χ1n) is 7.86. The summed E-state index contributed by atoms with van der Waals surface area (Å²) in [5, 5.41) is 7.23. The van der Waals surface area contributed by atoms with Gasteiger partial charge in [0.1, 0.15) is 5.82 Å². The van der Waals surface area contributed by atoms with E-state index in [4.69, 9.17) is 0 Å². The van der Waals surface area contributed by atoms with Crippen molar-refractivity contribution in [1.29, 1.82) is 0 Å². The van der Waals surface area contributed by atoms with E-state index >= 15 is 0 Å². The van der Waals surface area contributed by atoms with Crippen LogP contribution >= 0.6 is 15.9 Å². The number of nitrogens with one attached hydrogen (secondary N) is 2. The minimum absolute atomic E-state index is 0.196. The normalized spacial score (nSPS) is 10.4. The highest BCUT2D eigenvalue weighted by Gasteiger charge is 2.10. The predicted octanol–water partition coefficient (Wildman–Crippen LogP) is 4.28. The molecule has 1 aromatic heterocycles. The van der Waals surface area contributed by atoms with E-state index in [0.29, 0.717) is 17.3 Å². The van der Waals surface area contributed by atoms with E-state index in [9.17, 15) is 4.79 Å². The quantitative estimate of drug-likeness (QED) is 0.464. The molecule has 0 radical (unpaired) electrons. The zero-order valence-corrected chi connectivity index (χ0v) is 15.7. The van der Waals surface area contributed by atoms with Crippen LogP contribution in [0.4, 0.5) is 17.5 Å². The van der Waals surface area contributed by atoms with Gasteiger partial charge in [-0.2, -0.15) is 4.98 Å². The van der Waals surface area contributed by atoms with Crippen LogP contribution in [0.1, 0.15) is 0 Å². The number of rotatable bonds is 6. The van der Waals surface area contributed by atoms with Crippen molar-refractivity contribution < 1.29 is 9.53 Å². The van der Waals surface area contributed by atoms with E-state index in [1.165, 1.54) is 7.11 Å². The monoisotopic (exact) mass is 412 g/mol. The van der Waals surface area contributed by atoms with Gasteiger partial charge in [0.15, 0.2) is 0 Å².